The molecule has 6 aliphatic rings. The van der Waals surface area contributed by atoms with Gasteiger partial charge in [0.15, 0.2) is 30.3 Å². The maximum Gasteiger partial charge on any atom is 0.413 e. The van der Waals surface area contributed by atoms with E-state index in [1.807, 2.05) is 20.8 Å². The van der Waals surface area contributed by atoms with Gasteiger partial charge in [0, 0.05) is 43.7 Å². The standard InChI is InChI=1S/C55H71NO17/c1-15-40-68-38-25-39-55(27-65-39,72-31(6)58)44-46(71-48(59)32-19-17-16-18-20-32)54(52(10,11)62)26-37(29(4)41(54)43(66-30(5)57)45(69-40)53(38,44)12)67-49(60)42-35(23-28(2)3)56(50(61)73-51(7,8)9)47(70-42)34-22-21-33(63-13)24-36(34)64-14/h15-22,24,28,35,37-40,42-47,62H,1,23,25-27H2,2-14H3/t35-,37-,38-,39+,40?,42+,43-,44-,45?,46-,47?,53+,54-,55-/m0/s1. The van der Waals surface area contributed by atoms with E-state index in [0.29, 0.717) is 22.6 Å². The molecule has 3 aliphatic carbocycles. The Hall–Kier alpha value is -5.53. The molecule has 5 fully saturated rings. The lowest BCUT2D eigenvalue weighted by Gasteiger charge is -2.67. The Kier molecular flexibility index (Phi) is 14.5. The van der Waals surface area contributed by atoms with Crippen LogP contribution in [-0.4, -0.2) is 133 Å². The predicted molar refractivity (Wildman–Crippen MR) is 260 cm³/mol. The number of benzene rings is 2. The van der Waals surface area contributed by atoms with Crippen molar-refractivity contribution in [1.29, 1.82) is 0 Å². The molecular formula is C55H71NO17. The Morgan fingerprint density at radius 2 is 1.62 bits per heavy atom. The minimum absolute atomic E-state index is 0.0772. The third-order valence-corrected chi connectivity index (χ3v) is 15.7. The summed E-state index contributed by atoms with van der Waals surface area (Å²) in [5.41, 5.74) is -6.28. The molecule has 14 atom stereocenters. The monoisotopic (exact) mass is 1020 g/mol. The molecule has 2 aromatic carbocycles. The second-order valence-electron chi connectivity index (χ2n) is 22.3. The van der Waals surface area contributed by atoms with Crippen molar-refractivity contribution in [2.75, 3.05) is 20.8 Å². The van der Waals surface area contributed by atoms with E-state index >= 15 is 4.79 Å². The average Bonchev–Trinajstić information content (AvgIpc) is 3.80. The minimum Gasteiger partial charge on any atom is -0.497 e. The summed E-state index contributed by atoms with van der Waals surface area (Å²) < 4.78 is 70.2. The number of hydrogen-bond acceptors (Lipinski definition) is 17. The molecular weight excluding hydrogens is 947 g/mol. The molecule has 2 saturated carbocycles. The summed E-state index contributed by atoms with van der Waals surface area (Å²) in [4.78, 5) is 73.2. The number of aliphatic hydroxyl groups is 1. The van der Waals surface area contributed by atoms with Crippen molar-refractivity contribution >= 4 is 30.0 Å². The van der Waals surface area contributed by atoms with E-state index < -0.39 is 125 Å². The molecule has 0 spiro atoms. The van der Waals surface area contributed by atoms with E-state index in [0.717, 1.165) is 0 Å². The normalized spacial score (nSPS) is 34.5. The first kappa shape index (κ1) is 53.8. The van der Waals surface area contributed by atoms with Crippen LogP contribution in [0.2, 0.25) is 0 Å². The van der Waals surface area contributed by atoms with Crippen LogP contribution >= 0.6 is 0 Å². The van der Waals surface area contributed by atoms with E-state index in [1.165, 1.54) is 39.0 Å². The van der Waals surface area contributed by atoms with Crippen molar-refractivity contribution in [3.8, 4) is 11.5 Å². The predicted octanol–water partition coefficient (Wildman–Crippen LogP) is 7.34. The van der Waals surface area contributed by atoms with Crippen molar-refractivity contribution in [1.82, 2.24) is 4.90 Å². The van der Waals surface area contributed by atoms with Gasteiger partial charge in [-0.1, -0.05) is 45.5 Å². The zero-order chi connectivity index (χ0) is 53.3. The van der Waals surface area contributed by atoms with E-state index in [-0.39, 0.29) is 42.9 Å². The summed E-state index contributed by atoms with van der Waals surface area (Å²) in [6, 6.07) is 12.4. The van der Waals surface area contributed by atoms with Crippen molar-refractivity contribution < 1.29 is 81.2 Å². The summed E-state index contributed by atoms with van der Waals surface area (Å²) in [6.07, 6.45) is -9.45. The molecule has 18 nitrogen and oxygen atoms in total. The number of esters is 4. The summed E-state index contributed by atoms with van der Waals surface area (Å²) >= 11 is 0. The van der Waals surface area contributed by atoms with E-state index in [9.17, 15) is 24.3 Å². The maximum absolute atomic E-state index is 15.4. The molecule has 3 unspecified atom stereocenters. The molecule has 8 rings (SSSR count). The lowest BCUT2D eigenvalue weighted by Crippen LogP contribution is -2.80. The highest BCUT2D eigenvalue weighted by Gasteiger charge is 2.81. The topological polar surface area (TPSA) is 210 Å². The molecule has 398 valence electrons. The lowest BCUT2D eigenvalue weighted by molar-refractivity contribution is -0.392. The van der Waals surface area contributed by atoms with Gasteiger partial charge in [-0.05, 0) is 95.4 Å². The van der Waals surface area contributed by atoms with Crippen LogP contribution in [-0.2, 0) is 57.0 Å². The number of carbonyl (C=O) groups is 5. The number of rotatable bonds is 13. The molecule has 0 bridgehead atoms. The van der Waals surface area contributed by atoms with Crippen LogP contribution in [0.1, 0.15) is 118 Å². The lowest BCUT2D eigenvalue weighted by atomic mass is 9.49. The SMILES string of the molecule is C=CC1OC2[C@@H](OC(C)=O)C3=C(C)[C@@H](OC(=O)[C@@H]4OC(c5ccc(OC)cc5OC)N(C(=O)OC(C)(C)C)[C@H]4CC(C)C)C[C@@]3(C(C)(C)O)[C@@H](OC(=O)c3ccccc3)[C@@H]3[C@]4(OC(C)=O)CO[C@@H]4C[C@H](O1)[C@@]23C. The molecule has 1 amide bonds. The van der Waals surface area contributed by atoms with Gasteiger partial charge in [-0.3, -0.25) is 14.5 Å². The number of fused-ring (bicyclic) bond motifs is 3. The number of methoxy groups -OCH3 is 2. The fraction of sp³-hybridized carbons (Fsp3) is 0.618. The maximum atomic E-state index is 15.4. The number of ether oxygens (including phenoxy) is 11. The number of amides is 1. The first-order chi connectivity index (χ1) is 34.3. The van der Waals surface area contributed by atoms with E-state index in [1.54, 1.807) is 90.1 Å². The fourth-order valence-corrected chi connectivity index (χ4v) is 12.8. The molecule has 0 radical (unpaired) electrons. The van der Waals surface area contributed by atoms with E-state index in [2.05, 4.69) is 6.58 Å². The van der Waals surface area contributed by atoms with Gasteiger partial charge in [0.1, 0.15) is 41.5 Å². The summed E-state index contributed by atoms with van der Waals surface area (Å²) in [5, 5.41) is 13.2. The summed E-state index contributed by atoms with van der Waals surface area (Å²) in [6.45, 7) is 22.2. The Bertz CT molecular complexity index is 2510. The smallest absolute Gasteiger partial charge is 0.413 e. The number of nitrogens with zero attached hydrogens (tertiary/aromatic N) is 1. The van der Waals surface area contributed by atoms with Gasteiger partial charge < -0.3 is 57.2 Å². The van der Waals surface area contributed by atoms with Crippen LogP contribution < -0.4 is 9.47 Å². The van der Waals surface area contributed by atoms with Gasteiger partial charge in [-0.2, -0.15) is 0 Å². The Morgan fingerprint density at radius 1 is 0.918 bits per heavy atom. The number of carbonyl (C=O) groups excluding carboxylic acids is 5. The van der Waals surface area contributed by atoms with Crippen LogP contribution in [0, 0.1) is 22.7 Å². The van der Waals surface area contributed by atoms with Crippen molar-refractivity contribution in [2.45, 2.75) is 174 Å². The molecule has 3 heterocycles. The molecule has 73 heavy (non-hydrogen) atoms. The van der Waals surface area contributed by atoms with Crippen molar-refractivity contribution in [3.05, 3.63) is 83.5 Å². The summed E-state index contributed by atoms with van der Waals surface area (Å²) in [5.74, 6) is -3.35. The van der Waals surface area contributed by atoms with Crippen LogP contribution in [0.25, 0.3) is 0 Å². The van der Waals surface area contributed by atoms with Crippen LogP contribution in [0.4, 0.5) is 4.79 Å². The van der Waals surface area contributed by atoms with Gasteiger partial charge >= 0.3 is 30.0 Å². The quantitative estimate of drug-likeness (QED) is 0.118. The Labute approximate surface area is 426 Å². The second-order valence-corrected chi connectivity index (χ2v) is 22.3. The highest BCUT2D eigenvalue weighted by Crippen LogP contribution is 2.70. The zero-order valence-electron chi connectivity index (χ0n) is 44.1. The number of hydrogen-bond donors (Lipinski definition) is 1. The summed E-state index contributed by atoms with van der Waals surface area (Å²) in [7, 11) is 2.98. The fourth-order valence-electron chi connectivity index (χ4n) is 12.8. The minimum atomic E-state index is -1.93. The molecule has 1 N–H and O–H groups in total. The Balaban J connectivity index is 1.32. The van der Waals surface area contributed by atoms with Gasteiger partial charge in [0.2, 0.25) is 0 Å². The molecule has 3 saturated heterocycles. The first-order valence-corrected chi connectivity index (χ1v) is 25.0. The zero-order valence-corrected chi connectivity index (χ0v) is 44.1. The third-order valence-electron chi connectivity index (χ3n) is 15.7. The van der Waals surface area contributed by atoms with Gasteiger partial charge in [0.05, 0.1) is 55.5 Å². The van der Waals surface area contributed by atoms with Crippen LogP contribution in [0.15, 0.2) is 72.3 Å². The van der Waals surface area contributed by atoms with Gasteiger partial charge in [0.25, 0.3) is 0 Å². The third kappa shape index (κ3) is 9.18. The molecule has 0 aromatic heterocycles. The first-order valence-electron chi connectivity index (χ1n) is 25.0. The molecule has 3 aliphatic heterocycles. The highest BCUT2D eigenvalue weighted by atomic mass is 16.7. The van der Waals surface area contributed by atoms with Crippen LogP contribution in [0.3, 0.4) is 0 Å². The largest absolute Gasteiger partial charge is 0.497 e. The van der Waals surface area contributed by atoms with Crippen LogP contribution in [0.5, 0.6) is 11.5 Å². The van der Waals surface area contributed by atoms with Crippen molar-refractivity contribution in [2.24, 2.45) is 22.7 Å². The Morgan fingerprint density at radius 3 is 2.18 bits per heavy atom. The van der Waals surface area contributed by atoms with Crippen molar-refractivity contribution in [3.63, 3.8) is 0 Å². The second kappa shape index (κ2) is 19.6. The molecule has 18 heteroatoms. The molecule has 2 aromatic rings. The average molecular weight is 1020 g/mol. The van der Waals surface area contributed by atoms with Gasteiger partial charge in [-0.15, -0.1) is 0 Å². The highest BCUT2D eigenvalue weighted by molar-refractivity contribution is 5.89. The van der Waals surface area contributed by atoms with Gasteiger partial charge in [-0.25, -0.2) is 14.4 Å². The van der Waals surface area contributed by atoms with E-state index in [4.69, 9.17) is 52.1 Å².